The quantitative estimate of drug-likeness (QED) is 0.447. The first-order valence-corrected chi connectivity index (χ1v) is 14.3. The first-order chi connectivity index (χ1) is 17.9. The standard InChI is InChI=1S/C23H24F3N7O3S2/c1-13(20-9-28-22(37-20)31-15-5-3-14(4-6-15)23(24,25)26)30-21(34)17-7-19-18(8-27-17)29-12-33(19)16-10-32(11-16)38(2,35)36/h3,5-9,12-14,16H,4,10-11H2,1-2H3,(H,28,31)(H,30,34)/t13-,14?/m1/s1. The number of imidazole rings is 1. The number of halogens is 3. The van der Waals surface area contributed by atoms with E-state index >= 15 is 0 Å². The molecule has 1 aliphatic heterocycles. The van der Waals surface area contributed by atoms with Gasteiger partial charge < -0.3 is 15.2 Å². The Morgan fingerprint density at radius 3 is 2.63 bits per heavy atom. The van der Waals surface area contributed by atoms with Crippen LogP contribution in [0.25, 0.3) is 11.0 Å². The third-order valence-corrected chi connectivity index (χ3v) is 8.79. The van der Waals surface area contributed by atoms with Gasteiger partial charge >= 0.3 is 6.18 Å². The van der Waals surface area contributed by atoms with Crippen LogP contribution in [0.3, 0.4) is 0 Å². The third-order valence-electron chi connectivity index (χ3n) is 6.45. The first kappa shape index (κ1) is 26.3. The maximum absolute atomic E-state index is 12.9. The smallest absolute Gasteiger partial charge is 0.343 e. The zero-order valence-electron chi connectivity index (χ0n) is 20.3. The third kappa shape index (κ3) is 5.44. The SMILES string of the molecule is C[C@@H](NC(=O)c1cc2c(cn1)ncn2C1CN(S(C)(=O)=O)C1)c1cnc(NC2=CCC(C(F)(F)F)C=C2)s1. The lowest BCUT2D eigenvalue weighted by Crippen LogP contribution is -2.50. The van der Waals surface area contributed by atoms with E-state index in [1.807, 2.05) is 4.57 Å². The molecule has 10 nitrogen and oxygen atoms in total. The van der Waals surface area contributed by atoms with Crippen molar-refractivity contribution in [1.29, 1.82) is 0 Å². The van der Waals surface area contributed by atoms with E-state index in [4.69, 9.17) is 0 Å². The van der Waals surface area contributed by atoms with Gasteiger partial charge in [-0.2, -0.15) is 17.5 Å². The second kappa shape index (κ2) is 9.78. The molecular formula is C23H24F3N7O3S2. The van der Waals surface area contributed by atoms with E-state index in [0.717, 1.165) is 11.0 Å². The highest BCUT2D eigenvalue weighted by Gasteiger charge is 2.38. The summed E-state index contributed by atoms with van der Waals surface area (Å²) in [6.07, 6.45) is 5.48. The van der Waals surface area contributed by atoms with E-state index < -0.39 is 34.1 Å². The number of pyridine rings is 1. The topological polar surface area (TPSA) is 122 Å². The van der Waals surface area contributed by atoms with Crippen LogP contribution in [0, 0.1) is 5.92 Å². The van der Waals surface area contributed by atoms with Gasteiger partial charge in [0.25, 0.3) is 5.91 Å². The van der Waals surface area contributed by atoms with Crippen molar-refractivity contribution in [2.45, 2.75) is 31.6 Å². The van der Waals surface area contributed by atoms with E-state index in [0.29, 0.717) is 35.0 Å². The average molecular weight is 568 g/mol. The van der Waals surface area contributed by atoms with E-state index in [9.17, 15) is 26.4 Å². The molecule has 1 unspecified atom stereocenters. The van der Waals surface area contributed by atoms with Crippen molar-refractivity contribution in [3.8, 4) is 0 Å². The molecule has 1 amide bonds. The number of alkyl halides is 3. The molecule has 0 saturated carbocycles. The Morgan fingerprint density at radius 1 is 1.21 bits per heavy atom. The molecule has 1 saturated heterocycles. The average Bonchev–Trinajstić information content (AvgIpc) is 3.44. The number of hydrogen-bond donors (Lipinski definition) is 2. The molecule has 1 aliphatic carbocycles. The molecule has 0 spiro atoms. The summed E-state index contributed by atoms with van der Waals surface area (Å²) < 4.78 is 65.1. The number of aromatic nitrogens is 4. The highest BCUT2D eigenvalue weighted by atomic mass is 32.2. The highest BCUT2D eigenvalue weighted by Crippen LogP contribution is 2.34. The summed E-state index contributed by atoms with van der Waals surface area (Å²) in [4.78, 5) is 26.5. The number of sulfonamides is 1. The molecular weight excluding hydrogens is 543 g/mol. The van der Waals surface area contributed by atoms with Crippen LogP contribution in [0.1, 0.15) is 40.8 Å². The van der Waals surface area contributed by atoms with Gasteiger partial charge in [0.2, 0.25) is 10.0 Å². The van der Waals surface area contributed by atoms with Gasteiger partial charge in [0.15, 0.2) is 5.13 Å². The van der Waals surface area contributed by atoms with Crippen molar-refractivity contribution in [3.05, 3.63) is 59.3 Å². The molecule has 1 fully saturated rings. The van der Waals surface area contributed by atoms with E-state index in [1.165, 1.54) is 40.2 Å². The molecule has 5 rings (SSSR count). The Labute approximate surface area is 220 Å². The molecule has 0 aromatic carbocycles. The van der Waals surface area contributed by atoms with Crippen LogP contribution in [0.15, 0.2) is 48.7 Å². The van der Waals surface area contributed by atoms with Gasteiger partial charge in [0.05, 0.1) is 42.3 Å². The van der Waals surface area contributed by atoms with Crippen molar-refractivity contribution >= 4 is 43.4 Å². The number of nitrogens with one attached hydrogen (secondary N) is 2. The van der Waals surface area contributed by atoms with Crippen molar-refractivity contribution in [1.82, 2.24) is 29.1 Å². The molecule has 2 atom stereocenters. The lowest BCUT2D eigenvalue weighted by Gasteiger charge is -2.38. The molecule has 3 aromatic rings. The summed E-state index contributed by atoms with van der Waals surface area (Å²) in [5.74, 6) is -1.89. The molecule has 2 aliphatic rings. The number of hydrogen-bond acceptors (Lipinski definition) is 8. The van der Waals surface area contributed by atoms with Crippen LogP contribution in [0.4, 0.5) is 18.3 Å². The van der Waals surface area contributed by atoms with Crippen molar-refractivity contribution in [3.63, 3.8) is 0 Å². The maximum Gasteiger partial charge on any atom is 0.395 e. The largest absolute Gasteiger partial charge is 0.395 e. The van der Waals surface area contributed by atoms with Gasteiger partial charge in [-0.1, -0.05) is 23.5 Å². The molecule has 38 heavy (non-hydrogen) atoms. The Kier molecular flexibility index (Phi) is 6.77. The number of carbonyl (C=O) groups is 1. The maximum atomic E-state index is 12.9. The Bertz CT molecular complexity index is 1540. The number of amides is 1. The fraction of sp³-hybridized carbons (Fsp3) is 0.391. The summed E-state index contributed by atoms with van der Waals surface area (Å²) in [5.41, 5.74) is 1.99. The second-order valence-corrected chi connectivity index (χ2v) is 12.3. The lowest BCUT2D eigenvalue weighted by atomic mass is 9.99. The van der Waals surface area contributed by atoms with Crippen LogP contribution in [0.2, 0.25) is 0 Å². The predicted octanol–water partition coefficient (Wildman–Crippen LogP) is 3.63. The minimum atomic E-state index is -4.27. The van der Waals surface area contributed by atoms with Gasteiger partial charge in [0.1, 0.15) is 11.2 Å². The van der Waals surface area contributed by atoms with Gasteiger partial charge in [-0.05, 0) is 25.5 Å². The van der Waals surface area contributed by atoms with Crippen LogP contribution in [0.5, 0.6) is 0 Å². The summed E-state index contributed by atoms with van der Waals surface area (Å²) in [6.45, 7) is 2.46. The van der Waals surface area contributed by atoms with Gasteiger partial charge in [-0.15, -0.1) is 0 Å². The van der Waals surface area contributed by atoms with E-state index in [1.54, 1.807) is 25.5 Å². The number of thiazole rings is 1. The summed E-state index contributed by atoms with van der Waals surface area (Å²) in [6, 6.07) is 1.14. The molecule has 15 heteroatoms. The Morgan fingerprint density at radius 2 is 1.97 bits per heavy atom. The lowest BCUT2D eigenvalue weighted by molar-refractivity contribution is -0.160. The fourth-order valence-electron chi connectivity index (χ4n) is 4.17. The summed E-state index contributed by atoms with van der Waals surface area (Å²) >= 11 is 1.28. The normalized spacial score (nSPS) is 19.7. The summed E-state index contributed by atoms with van der Waals surface area (Å²) in [5, 5.41) is 6.39. The molecule has 2 N–H and O–H groups in total. The Hall–Kier alpha value is -3.30. The molecule has 3 aromatic heterocycles. The monoisotopic (exact) mass is 567 g/mol. The highest BCUT2D eigenvalue weighted by molar-refractivity contribution is 7.88. The molecule has 4 heterocycles. The zero-order valence-corrected chi connectivity index (χ0v) is 21.9. The minimum absolute atomic E-state index is 0.0801. The van der Waals surface area contributed by atoms with Gasteiger partial charge in [0, 0.05) is 29.9 Å². The van der Waals surface area contributed by atoms with E-state index in [2.05, 4.69) is 25.6 Å². The van der Waals surface area contributed by atoms with Gasteiger partial charge in [-0.25, -0.2) is 23.4 Å². The van der Waals surface area contributed by atoms with Gasteiger partial charge in [-0.3, -0.25) is 4.79 Å². The number of carbonyl (C=O) groups excluding carboxylic acids is 1. The molecule has 0 bridgehead atoms. The Balaban J connectivity index is 1.22. The molecule has 0 radical (unpaired) electrons. The summed E-state index contributed by atoms with van der Waals surface area (Å²) in [7, 11) is -3.25. The zero-order chi connectivity index (χ0) is 27.2. The van der Waals surface area contributed by atoms with Crippen LogP contribution in [-0.4, -0.2) is 63.7 Å². The van der Waals surface area contributed by atoms with Crippen LogP contribution < -0.4 is 10.6 Å². The number of fused-ring (bicyclic) bond motifs is 1. The fourth-order valence-corrected chi connectivity index (χ4v) is 5.90. The number of allylic oxidation sites excluding steroid dienone is 3. The van der Waals surface area contributed by atoms with Crippen molar-refractivity contribution in [2.24, 2.45) is 5.92 Å². The first-order valence-electron chi connectivity index (χ1n) is 11.6. The van der Waals surface area contributed by atoms with Crippen LogP contribution >= 0.6 is 11.3 Å². The molecule has 202 valence electrons. The number of nitrogens with zero attached hydrogens (tertiary/aromatic N) is 5. The minimum Gasteiger partial charge on any atom is -0.343 e. The van der Waals surface area contributed by atoms with Crippen LogP contribution in [-0.2, 0) is 10.0 Å². The predicted molar refractivity (Wildman–Crippen MR) is 136 cm³/mol. The van der Waals surface area contributed by atoms with E-state index in [-0.39, 0.29) is 18.2 Å². The van der Waals surface area contributed by atoms with Crippen molar-refractivity contribution in [2.75, 3.05) is 24.7 Å². The van der Waals surface area contributed by atoms with Crippen molar-refractivity contribution < 1.29 is 26.4 Å². The number of rotatable bonds is 7. The number of anilines is 1. The second-order valence-electron chi connectivity index (χ2n) is 9.23.